The zero-order chi connectivity index (χ0) is 9.78. The standard InChI is InChI=1S/C7H10N2O2S2/c8-3-1-5-12-10-7-11-13-6-2-4-9/h1-2,5-7H2. The zero-order valence-electron chi connectivity index (χ0n) is 7.06. The Kier molecular flexibility index (Phi) is 11.2. The Morgan fingerprint density at radius 2 is 1.38 bits per heavy atom. The monoisotopic (exact) mass is 218 g/mol. The van der Waals surface area contributed by atoms with E-state index in [1.807, 2.05) is 12.1 Å². The average Bonchev–Trinajstić information content (AvgIpc) is 2.16. The van der Waals surface area contributed by atoms with Crippen LogP contribution in [-0.4, -0.2) is 18.3 Å². The summed E-state index contributed by atoms with van der Waals surface area (Å²) in [5, 5.41) is 16.4. The van der Waals surface area contributed by atoms with E-state index in [9.17, 15) is 0 Å². The van der Waals surface area contributed by atoms with E-state index in [0.29, 0.717) is 24.3 Å². The summed E-state index contributed by atoms with van der Waals surface area (Å²) in [6.07, 6.45) is 0.957. The van der Waals surface area contributed by atoms with Gasteiger partial charge in [0.2, 0.25) is 0 Å². The van der Waals surface area contributed by atoms with Crippen molar-refractivity contribution >= 4 is 24.1 Å². The van der Waals surface area contributed by atoms with Crippen molar-refractivity contribution in [3.05, 3.63) is 0 Å². The summed E-state index contributed by atoms with van der Waals surface area (Å²) in [6.45, 7) is 0.187. The topological polar surface area (TPSA) is 66.0 Å². The van der Waals surface area contributed by atoms with Crippen LogP contribution < -0.4 is 0 Å². The van der Waals surface area contributed by atoms with Crippen LogP contribution in [0.3, 0.4) is 0 Å². The lowest BCUT2D eigenvalue weighted by Gasteiger charge is -2.00. The molecule has 0 amide bonds. The first-order valence-electron chi connectivity index (χ1n) is 3.64. The highest BCUT2D eigenvalue weighted by atomic mass is 32.2. The third-order valence-corrected chi connectivity index (χ3v) is 2.12. The van der Waals surface area contributed by atoms with Crippen LogP contribution >= 0.6 is 24.1 Å². The fraction of sp³-hybridized carbons (Fsp3) is 0.714. The molecule has 0 spiro atoms. The smallest absolute Gasteiger partial charge is 0.173 e. The van der Waals surface area contributed by atoms with Crippen LogP contribution in [-0.2, 0) is 8.37 Å². The molecule has 4 nitrogen and oxygen atoms in total. The lowest BCUT2D eigenvalue weighted by atomic mass is 10.6. The molecule has 0 aromatic rings. The molecule has 0 fully saturated rings. The van der Waals surface area contributed by atoms with Gasteiger partial charge in [0.25, 0.3) is 0 Å². The van der Waals surface area contributed by atoms with E-state index >= 15 is 0 Å². The Hall–Kier alpha value is -0.400. The fourth-order valence-corrected chi connectivity index (χ4v) is 1.26. The van der Waals surface area contributed by atoms with Crippen molar-refractivity contribution < 1.29 is 8.37 Å². The molecule has 0 radical (unpaired) electrons. The van der Waals surface area contributed by atoms with Crippen LogP contribution in [0.1, 0.15) is 12.8 Å². The van der Waals surface area contributed by atoms with E-state index in [2.05, 4.69) is 0 Å². The molecular formula is C7H10N2O2S2. The maximum atomic E-state index is 8.18. The Morgan fingerprint density at radius 1 is 0.923 bits per heavy atom. The van der Waals surface area contributed by atoms with Gasteiger partial charge in [-0.05, 0) is 24.1 Å². The molecule has 0 rings (SSSR count). The summed E-state index contributed by atoms with van der Waals surface area (Å²) in [5.41, 5.74) is 0. The predicted octanol–water partition coefficient (Wildman–Crippen LogP) is 2.10. The van der Waals surface area contributed by atoms with Crippen molar-refractivity contribution in [2.45, 2.75) is 12.8 Å². The Labute approximate surface area is 86.6 Å². The molecule has 0 N–H and O–H groups in total. The maximum Gasteiger partial charge on any atom is 0.173 e. The normalized spacial score (nSPS) is 9.08. The summed E-state index contributed by atoms with van der Waals surface area (Å²) in [6, 6.07) is 4.01. The number of nitrogens with zero attached hydrogens (tertiary/aromatic N) is 2. The number of nitriles is 2. The van der Waals surface area contributed by atoms with Crippen molar-refractivity contribution in [2.75, 3.05) is 18.3 Å². The van der Waals surface area contributed by atoms with E-state index in [1.165, 1.54) is 24.1 Å². The molecule has 0 aromatic heterocycles. The molecule has 0 aliphatic heterocycles. The van der Waals surface area contributed by atoms with Gasteiger partial charge in [0, 0.05) is 24.3 Å². The summed E-state index contributed by atoms with van der Waals surface area (Å²) in [7, 11) is 0. The van der Waals surface area contributed by atoms with Crippen molar-refractivity contribution in [2.24, 2.45) is 0 Å². The highest BCUT2D eigenvalue weighted by molar-refractivity contribution is 7.95. The van der Waals surface area contributed by atoms with Gasteiger partial charge in [0.05, 0.1) is 12.1 Å². The molecule has 0 aliphatic rings. The summed E-state index contributed by atoms with van der Waals surface area (Å²) >= 11 is 2.43. The quantitative estimate of drug-likeness (QED) is 0.353. The SMILES string of the molecule is N#CCCSOCOSCCC#N. The molecule has 0 aromatic carbocycles. The van der Waals surface area contributed by atoms with Gasteiger partial charge in [-0.2, -0.15) is 10.5 Å². The molecule has 0 aliphatic carbocycles. The third kappa shape index (κ3) is 11.6. The number of hydrogen-bond acceptors (Lipinski definition) is 6. The highest BCUT2D eigenvalue weighted by Gasteiger charge is 1.91. The lowest BCUT2D eigenvalue weighted by Crippen LogP contribution is -1.89. The van der Waals surface area contributed by atoms with Gasteiger partial charge < -0.3 is 0 Å². The van der Waals surface area contributed by atoms with Gasteiger partial charge in [0.1, 0.15) is 0 Å². The summed E-state index contributed by atoms with van der Waals surface area (Å²) in [4.78, 5) is 0. The first-order chi connectivity index (χ1) is 6.41. The summed E-state index contributed by atoms with van der Waals surface area (Å²) in [5.74, 6) is 1.31. The second-order valence-electron chi connectivity index (χ2n) is 1.81. The van der Waals surface area contributed by atoms with Gasteiger partial charge in [-0.3, -0.25) is 8.37 Å². The van der Waals surface area contributed by atoms with E-state index in [-0.39, 0.29) is 6.79 Å². The number of rotatable bonds is 8. The Morgan fingerprint density at radius 3 is 1.77 bits per heavy atom. The van der Waals surface area contributed by atoms with E-state index < -0.39 is 0 Å². The first-order valence-corrected chi connectivity index (χ1v) is 5.46. The average molecular weight is 218 g/mol. The molecule has 72 valence electrons. The summed E-state index contributed by atoms with van der Waals surface area (Å²) < 4.78 is 9.91. The molecule has 0 atom stereocenters. The molecule has 0 bridgehead atoms. The minimum absolute atomic E-state index is 0.187. The third-order valence-electron chi connectivity index (χ3n) is 0.857. The molecule has 6 heteroatoms. The van der Waals surface area contributed by atoms with Gasteiger partial charge in [-0.25, -0.2) is 0 Å². The minimum atomic E-state index is 0.187. The molecule has 13 heavy (non-hydrogen) atoms. The minimum Gasteiger partial charge on any atom is -0.286 e. The van der Waals surface area contributed by atoms with Crippen LogP contribution in [0.15, 0.2) is 0 Å². The van der Waals surface area contributed by atoms with E-state index in [0.717, 1.165) is 0 Å². The van der Waals surface area contributed by atoms with Gasteiger partial charge >= 0.3 is 0 Å². The van der Waals surface area contributed by atoms with E-state index in [4.69, 9.17) is 18.9 Å². The van der Waals surface area contributed by atoms with Gasteiger partial charge in [0.15, 0.2) is 6.79 Å². The molecule has 0 heterocycles. The first kappa shape index (κ1) is 12.6. The van der Waals surface area contributed by atoms with Crippen LogP contribution in [0.25, 0.3) is 0 Å². The molecular weight excluding hydrogens is 208 g/mol. The van der Waals surface area contributed by atoms with Crippen LogP contribution in [0.2, 0.25) is 0 Å². The van der Waals surface area contributed by atoms with Crippen LogP contribution in [0.4, 0.5) is 0 Å². The molecule has 0 saturated heterocycles. The zero-order valence-corrected chi connectivity index (χ0v) is 8.70. The second kappa shape index (κ2) is 11.6. The largest absolute Gasteiger partial charge is 0.286 e. The van der Waals surface area contributed by atoms with Crippen molar-refractivity contribution in [3.63, 3.8) is 0 Å². The van der Waals surface area contributed by atoms with Gasteiger partial charge in [-0.1, -0.05) is 0 Å². The Balaban J connectivity index is 2.85. The highest BCUT2D eigenvalue weighted by Crippen LogP contribution is 2.08. The second-order valence-corrected chi connectivity index (χ2v) is 3.57. The van der Waals surface area contributed by atoms with Crippen LogP contribution in [0.5, 0.6) is 0 Å². The molecule has 0 unspecified atom stereocenters. The predicted molar refractivity (Wildman–Crippen MR) is 52.4 cm³/mol. The molecule has 0 saturated carbocycles. The van der Waals surface area contributed by atoms with Crippen molar-refractivity contribution in [1.82, 2.24) is 0 Å². The lowest BCUT2D eigenvalue weighted by molar-refractivity contribution is 0.168. The van der Waals surface area contributed by atoms with E-state index in [1.54, 1.807) is 0 Å². The number of hydrogen-bond donors (Lipinski definition) is 0. The van der Waals surface area contributed by atoms with Crippen molar-refractivity contribution in [1.29, 1.82) is 10.5 Å². The van der Waals surface area contributed by atoms with Crippen molar-refractivity contribution in [3.8, 4) is 12.1 Å². The maximum absolute atomic E-state index is 8.18. The fourth-order valence-electron chi connectivity index (χ4n) is 0.380. The van der Waals surface area contributed by atoms with Gasteiger partial charge in [-0.15, -0.1) is 0 Å². The van der Waals surface area contributed by atoms with Crippen LogP contribution in [0, 0.1) is 22.7 Å². The Bertz CT molecular complexity index is 168.